The molecule has 0 amide bonds. The monoisotopic (exact) mass is 190 g/mol. The first kappa shape index (κ1) is 10.1. The molecule has 0 heterocycles. The van der Waals surface area contributed by atoms with Crippen LogP contribution < -0.4 is 5.73 Å². The Labute approximate surface area is 74.2 Å². The highest BCUT2D eigenvalue weighted by Crippen LogP contribution is 2.40. The van der Waals surface area contributed by atoms with Gasteiger partial charge in [-0.2, -0.15) is 4.89 Å². The number of hydrogen-bond acceptors (Lipinski definition) is 2. The van der Waals surface area contributed by atoms with Gasteiger partial charge in [0.2, 0.25) is 0 Å². The van der Waals surface area contributed by atoms with E-state index in [4.69, 9.17) is 10.6 Å². The van der Waals surface area contributed by atoms with Crippen LogP contribution in [0.4, 0.5) is 0 Å². The van der Waals surface area contributed by atoms with E-state index in [1.54, 1.807) is 0 Å². The largest absolute Gasteiger partial charge is 0.506 e. The number of nitrogens with two attached hydrogens (primary N) is 1. The number of rotatable bonds is 3. The third kappa shape index (κ3) is 2.51. The van der Waals surface area contributed by atoms with Crippen molar-refractivity contribution in [2.24, 2.45) is 11.1 Å². The highest BCUT2D eigenvalue weighted by Gasteiger charge is 2.38. The van der Waals surface area contributed by atoms with Crippen molar-refractivity contribution in [3.63, 3.8) is 0 Å². The van der Waals surface area contributed by atoms with Gasteiger partial charge < -0.3 is 5.73 Å². The summed E-state index contributed by atoms with van der Waals surface area (Å²) in [5, 5.41) is 0. The summed E-state index contributed by atoms with van der Waals surface area (Å²) in [4.78, 5) is 8.85. The van der Waals surface area contributed by atoms with Crippen LogP contribution in [0.3, 0.4) is 0 Å². The number of hydrogen-bond donors (Lipinski definition) is 2. The molecule has 0 aromatic rings. The predicted octanol–water partition coefficient (Wildman–Crippen LogP) is 1.63. The zero-order valence-electron chi connectivity index (χ0n) is 7.33. The third-order valence-electron chi connectivity index (χ3n) is 2.82. The summed E-state index contributed by atoms with van der Waals surface area (Å²) in [5.74, 6) is 0. The Kier molecular flexibility index (Phi) is 3.63. The summed E-state index contributed by atoms with van der Waals surface area (Å²) in [7, 11) is -2.01. The lowest BCUT2D eigenvalue weighted by atomic mass is 9.76. The van der Waals surface area contributed by atoms with Crippen LogP contribution in [0.15, 0.2) is 0 Å². The Hall–Kier alpha value is 0.0200. The first-order valence-corrected chi connectivity index (χ1v) is 5.92. The SMILES string of the molecule is NCC1(C[P+](=O)O)CCCCC1. The first-order chi connectivity index (χ1) is 5.68. The smallest absolute Gasteiger partial charge is 0.330 e. The van der Waals surface area contributed by atoms with Crippen molar-refractivity contribution in [2.75, 3.05) is 12.7 Å². The van der Waals surface area contributed by atoms with Crippen LogP contribution in [-0.4, -0.2) is 17.6 Å². The molecule has 1 saturated carbocycles. The normalized spacial score (nSPS) is 23.7. The molecule has 1 atom stereocenters. The molecule has 1 aliphatic rings. The molecular formula is C8H17NO2P+. The van der Waals surface area contributed by atoms with E-state index < -0.39 is 8.03 Å². The summed E-state index contributed by atoms with van der Waals surface area (Å²) >= 11 is 0. The summed E-state index contributed by atoms with van der Waals surface area (Å²) in [6.45, 7) is 0.564. The van der Waals surface area contributed by atoms with Gasteiger partial charge in [0.25, 0.3) is 0 Å². The van der Waals surface area contributed by atoms with Crippen molar-refractivity contribution < 1.29 is 9.46 Å². The third-order valence-corrected chi connectivity index (χ3v) is 3.76. The standard InChI is InChI=1S/C8H16NO2P/c9-6-8(7-12(10)11)4-2-1-3-5-8/h1-7,9H2/p+1. The summed E-state index contributed by atoms with van der Waals surface area (Å²) in [6, 6.07) is 0. The average molecular weight is 190 g/mol. The molecular weight excluding hydrogens is 173 g/mol. The van der Waals surface area contributed by atoms with E-state index in [0.29, 0.717) is 12.7 Å². The topological polar surface area (TPSA) is 63.3 Å². The molecule has 3 N–H and O–H groups in total. The molecule has 1 unspecified atom stereocenters. The highest BCUT2D eigenvalue weighted by molar-refractivity contribution is 7.38. The minimum absolute atomic E-state index is 0.0134. The Morgan fingerprint density at radius 2 is 1.92 bits per heavy atom. The molecule has 4 heteroatoms. The van der Waals surface area contributed by atoms with Crippen LogP contribution >= 0.6 is 8.03 Å². The maximum absolute atomic E-state index is 10.7. The molecule has 0 bridgehead atoms. The molecule has 1 rings (SSSR count). The molecule has 0 saturated heterocycles. The molecule has 0 aromatic carbocycles. The van der Waals surface area contributed by atoms with E-state index in [0.717, 1.165) is 12.8 Å². The fourth-order valence-electron chi connectivity index (χ4n) is 2.02. The van der Waals surface area contributed by atoms with Crippen LogP contribution in [0, 0.1) is 5.41 Å². The van der Waals surface area contributed by atoms with Gasteiger partial charge >= 0.3 is 8.03 Å². The zero-order valence-corrected chi connectivity index (χ0v) is 8.22. The quantitative estimate of drug-likeness (QED) is 0.665. The van der Waals surface area contributed by atoms with E-state index in [1.807, 2.05) is 0 Å². The van der Waals surface area contributed by atoms with Crippen molar-refractivity contribution in [2.45, 2.75) is 32.1 Å². The zero-order chi connectivity index (χ0) is 9.03. The van der Waals surface area contributed by atoms with Crippen molar-refractivity contribution in [3.05, 3.63) is 0 Å². The summed E-state index contributed by atoms with van der Waals surface area (Å²) in [5.41, 5.74) is 5.63. The Morgan fingerprint density at radius 1 is 1.33 bits per heavy atom. The second-order valence-electron chi connectivity index (χ2n) is 3.78. The van der Waals surface area contributed by atoms with Crippen LogP contribution in [0.5, 0.6) is 0 Å². The van der Waals surface area contributed by atoms with Gasteiger partial charge in [-0.15, -0.1) is 0 Å². The van der Waals surface area contributed by atoms with Gasteiger partial charge in [-0.3, -0.25) is 0 Å². The van der Waals surface area contributed by atoms with Crippen LogP contribution in [0.1, 0.15) is 32.1 Å². The molecule has 0 radical (unpaired) electrons. The minimum atomic E-state index is -2.01. The van der Waals surface area contributed by atoms with E-state index in [2.05, 4.69) is 0 Å². The molecule has 0 spiro atoms. The van der Waals surface area contributed by atoms with E-state index >= 15 is 0 Å². The van der Waals surface area contributed by atoms with E-state index in [-0.39, 0.29) is 5.41 Å². The van der Waals surface area contributed by atoms with Gasteiger partial charge in [0.15, 0.2) is 6.16 Å². The van der Waals surface area contributed by atoms with Crippen molar-refractivity contribution in [1.29, 1.82) is 0 Å². The first-order valence-electron chi connectivity index (χ1n) is 4.52. The average Bonchev–Trinajstić information content (AvgIpc) is 2.05. The van der Waals surface area contributed by atoms with Gasteiger partial charge in [-0.25, -0.2) is 0 Å². The Balaban J connectivity index is 2.53. The van der Waals surface area contributed by atoms with Crippen LogP contribution in [-0.2, 0) is 4.57 Å². The maximum Gasteiger partial charge on any atom is 0.506 e. The molecule has 1 aliphatic carbocycles. The van der Waals surface area contributed by atoms with Gasteiger partial charge in [0.05, 0.1) is 0 Å². The molecule has 3 nitrogen and oxygen atoms in total. The van der Waals surface area contributed by atoms with Crippen molar-refractivity contribution in [3.8, 4) is 0 Å². The fourth-order valence-corrected chi connectivity index (χ4v) is 3.03. The van der Waals surface area contributed by atoms with Gasteiger partial charge in [0.1, 0.15) is 0 Å². The van der Waals surface area contributed by atoms with Crippen molar-refractivity contribution >= 4 is 8.03 Å². The van der Waals surface area contributed by atoms with Crippen molar-refractivity contribution in [1.82, 2.24) is 0 Å². The van der Waals surface area contributed by atoms with E-state index in [1.165, 1.54) is 19.3 Å². The van der Waals surface area contributed by atoms with E-state index in [9.17, 15) is 4.57 Å². The Bertz CT molecular complexity index is 166. The van der Waals surface area contributed by atoms with Crippen LogP contribution in [0.25, 0.3) is 0 Å². The highest BCUT2D eigenvalue weighted by atomic mass is 31.1. The van der Waals surface area contributed by atoms with Crippen LogP contribution in [0.2, 0.25) is 0 Å². The van der Waals surface area contributed by atoms with Gasteiger partial charge in [-0.1, -0.05) is 19.3 Å². The summed E-state index contributed by atoms with van der Waals surface area (Å²) < 4.78 is 10.7. The molecule has 70 valence electrons. The Morgan fingerprint density at radius 3 is 2.33 bits per heavy atom. The lowest BCUT2D eigenvalue weighted by Gasteiger charge is -2.31. The maximum atomic E-state index is 10.7. The lowest BCUT2D eigenvalue weighted by molar-refractivity contribution is 0.226. The lowest BCUT2D eigenvalue weighted by Crippen LogP contribution is -2.35. The molecule has 1 fully saturated rings. The van der Waals surface area contributed by atoms with Gasteiger partial charge in [-0.05, 0) is 17.4 Å². The predicted molar refractivity (Wildman–Crippen MR) is 49.3 cm³/mol. The second kappa shape index (κ2) is 4.31. The molecule has 0 aromatic heterocycles. The minimum Gasteiger partial charge on any atom is -0.330 e. The fraction of sp³-hybridized carbons (Fsp3) is 1.00. The summed E-state index contributed by atoms with van der Waals surface area (Å²) in [6.07, 6.45) is 6.06. The molecule has 12 heavy (non-hydrogen) atoms. The molecule has 0 aliphatic heterocycles. The van der Waals surface area contributed by atoms with Gasteiger partial charge in [0, 0.05) is 12.0 Å². The second-order valence-corrected chi connectivity index (χ2v) is 4.80.